The average molecular weight is 280 g/mol. The summed E-state index contributed by atoms with van der Waals surface area (Å²) in [4.78, 5) is 33.8. The van der Waals surface area contributed by atoms with E-state index in [9.17, 15) is 24.8 Å². The second-order valence-corrected chi connectivity index (χ2v) is 4.77. The Morgan fingerprint density at radius 3 is 2.45 bits per heavy atom. The highest BCUT2D eigenvalue weighted by Crippen LogP contribution is 2.27. The van der Waals surface area contributed by atoms with E-state index in [1.54, 1.807) is 20.8 Å². The van der Waals surface area contributed by atoms with Crippen molar-refractivity contribution in [2.75, 3.05) is 4.90 Å². The van der Waals surface area contributed by atoms with Crippen LogP contribution in [0.4, 0.5) is 11.4 Å². The molecule has 108 valence electrons. The minimum atomic E-state index is -1.16. The van der Waals surface area contributed by atoms with Crippen molar-refractivity contribution in [3.63, 3.8) is 0 Å². The van der Waals surface area contributed by atoms with Crippen molar-refractivity contribution in [3.05, 3.63) is 33.9 Å². The molecule has 0 bridgehead atoms. The zero-order chi connectivity index (χ0) is 15.4. The number of anilines is 1. The summed E-state index contributed by atoms with van der Waals surface area (Å²) in [6, 6.07) is 3.12. The lowest BCUT2D eigenvalue weighted by molar-refractivity contribution is -0.385. The van der Waals surface area contributed by atoms with Crippen LogP contribution in [-0.2, 0) is 9.59 Å². The molecule has 1 rings (SSSR count). The van der Waals surface area contributed by atoms with Crippen molar-refractivity contribution >= 4 is 23.8 Å². The molecule has 1 amide bonds. The number of carbonyl (C=O) groups excluding carboxylic acids is 1. The molecular weight excluding hydrogens is 264 g/mol. The molecule has 0 saturated carbocycles. The van der Waals surface area contributed by atoms with Gasteiger partial charge in [-0.25, -0.2) is 4.79 Å². The largest absolute Gasteiger partial charge is 0.480 e. The Morgan fingerprint density at radius 2 is 2.05 bits per heavy atom. The number of hydrogen-bond acceptors (Lipinski definition) is 4. The third-order valence-corrected chi connectivity index (χ3v) is 2.99. The van der Waals surface area contributed by atoms with Crippen LogP contribution in [0.15, 0.2) is 18.2 Å². The first kappa shape index (κ1) is 15.6. The van der Waals surface area contributed by atoms with Crippen LogP contribution in [0.2, 0.25) is 0 Å². The van der Waals surface area contributed by atoms with Crippen molar-refractivity contribution < 1.29 is 19.6 Å². The molecular formula is C13H16N2O5. The van der Waals surface area contributed by atoms with E-state index in [-0.39, 0.29) is 17.3 Å². The predicted molar refractivity (Wildman–Crippen MR) is 72.6 cm³/mol. The number of nitro benzene ring substituents is 1. The molecule has 0 radical (unpaired) electrons. The van der Waals surface area contributed by atoms with E-state index < -0.39 is 16.9 Å². The van der Waals surface area contributed by atoms with Gasteiger partial charge in [0.05, 0.1) is 10.6 Å². The van der Waals surface area contributed by atoms with Crippen LogP contribution in [0, 0.1) is 23.0 Å². The Hall–Kier alpha value is -2.44. The summed E-state index contributed by atoms with van der Waals surface area (Å²) < 4.78 is 0. The van der Waals surface area contributed by atoms with E-state index in [0.29, 0.717) is 12.0 Å². The third kappa shape index (κ3) is 3.11. The minimum absolute atomic E-state index is 0.151. The van der Waals surface area contributed by atoms with E-state index in [1.807, 2.05) is 0 Å². The summed E-state index contributed by atoms with van der Waals surface area (Å²) in [6.45, 7) is 4.90. The van der Waals surface area contributed by atoms with Crippen LogP contribution in [0.25, 0.3) is 0 Å². The number of carbonyl (C=O) groups is 2. The van der Waals surface area contributed by atoms with Crippen LogP contribution in [-0.4, -0.2) is 28.5 Å². The smallest absolute Gasteiger partial charge is 0.327 e. The van der Waals surface area contributed by atoms with Crippen molar-refractivity contribution in [2.45, 2.75) is 26.8 Å². The lowest BCUT2D eigenvalue weighted by Crippen LogP contribution is -2.44. The average Bonchev–Trinajstić information content (AvgIpc) is 2.35. The maximum atomic E-state index is 11.3. The van der Waals surface area contributed by atoms with Gasteiger partial charge < -0.3 is 10.0 Å². The molecule has 1 unspecified atom stereocenters. The van der Waals surface area contributed by atoms with E-state index in [2.05, 4.69) is 0 Å². The van der Waals surface area contributed by atoms with Gasteiger partial charge in [-0.2, -0.15) is 0 Å². The van der Waals surface area contributed by atoms with Gasteiger partial charge in [-0.05, 0) is 18.9 Å². The van der Waals surface area contributed by atoms with E-state index in [1.165, 1.54) is 18.2 Å². The highest BCUT2D eigenvalue weighted by atomic mass is 16.6. The van der Waals surface area contributed by atoms with E-state index >= 15 is 0 Å². The molecule has 7 nitrogen and oxygen atoms in total. The van der Waals surface area contributed by atoms with Crippen molar-refractivity contribution in [2.24, 2.45) is 5.92 Å². The van der Waals surface area contributed by atoms with Crippen LogP contribution in [0.3, 0.4) is 0 Å². The maximum Gasteiger partial charge on any atom is 0.327 e. The van der Waals surface area contributed by atoms with Crippen molar-refractivity contribution in [1.82, 2.24) is 0 Å². The number of nitro groups is 1. The number of nitrogens with zero attached hydrogens (tertiary/aromatic N) is 2. The molecule has 1 aromatic rings. The molecule has 0 aliphatic carbocycles. The Bertz CT molecular complexity index is 542. The Labute approximate surface area is 116 Å². The number of rotatable bonds is 6. The third-order valence-electron chi connectivity index (χ3n) is 2.99. The van der Waals surface area contributed by atoms with Crippen molar-refractivity contribution in [1.29, 1.82) is 0 Å². The highest BCUT2D eigenvalue weighted by Gasteiger charge is 2.30. The molecule has 20 heavy (non-hydrogen) atoms. The monoisotopic (exact) mass is 280 g/mol. The summed E-state index contributed by atoms with van der Waals surface area (Å²) in [5.74, 6) is -1.49. The zero-order valence-electron chi connectivity index (χ0n) is 11.4. The van der Waals surface area contributed by atoms with Gasteiger partial charge in [0.1, 0.15) is 6.04 Å². The molecule has 7 heteroatoms. The SMILES string of the molecule is Cc1ccc(N(C=O)C(C(=O)O)C(C)C)cc1[N+](=O)[O-]. The van der Waals surface area contributed by atoms with Gasteiger partial charge >= 0.3 is 5.97 Å². The summed E-state index contributed by atoms with van der Waals surface area (Å²) in [6.07, 6.45) is 0.382. The molecule has 0 heterocycles. The fourth-order valence-corrected chi connectivity index (χ4v) is 1.97. The quantitative estimate of drug-likeness (QED) is 0.487. The van der Waals surface area contributed by atoms with Crippen molar-refractivity contribution in [3.8, 4) is 0 Å². The number of aryl methyl sites for hydroxylation is 1. The Kier molecular flexibility index (Phi) is 4.79. The molecule has 1 N–H and O–H groups in total. The lowest BCUT2D eigenvalue weighted by Gasteiger charge is -2.27. The maximum absolute atomic E-state index is 11.3. The molecule has 1 aromatic carbocycles. The molecule has 0 aromatic heterocycles. The predicted octanol–water partition coefficient (Wildman–Crippen LogP) is 1.98. The topological polar surface area (TPSA) is 101 Å². The van der Waals surface area contributed by atoms with Gasteiger partial charge in [-0.15, -0.1) is 0 Å². The van der Waals surface area contributed by atoms with Gasteiger partial charge in [-0.3, -0.25) is 14.9 Å². The standard InChI is InChI=1S/C13H16N2O5/c1-8(2)12(13(17)18)14(7-16)10-5-4-9(3)11(6-10)15(19)20/h4-8,12H,1-3H3,(H,17,18). The highest BCUT2D eigenvalue weighted by molar-refractivity contribution is 5.88. The van der Waals surface area contributed by atoms with E-state index in [4.69, 9.17) is 0 Å². The summed E-state index contributed by atoms with van der Waals surface area (Å²) in [5.41, 5.74) is 0.488. The number of amides is 1. The molecule has 0 aliphatic heterocycles. The van der Waals surface area contributed by atoms with Crippen LogP contribution in [0.1, 0.15) is 19.4 Å². The molecule has 1 atom stereocenters. The molecule has 0 aliphatic rings. The van der Waals surface area contributed by atoms with Gasteiger partial charge in [-0.1, -0.05) is 19.9 Å². The first-order chi connectivity index (χ1) is 9.29. The lowest BCUT2D eigenvalue weighted by atomic mass is 10.0. The molecule has 0 spiro atoms. The molecule has 0 saturated heterocycles. The van der Waals surface area contributed by atoms with Gasteiger partial charge in [0.2, 0.25) is 6.41 Å². The fraction of sp³-hybridized carbons (Fsp3) is 0.385. The Morgan fingerprint density at radius 1 is 1.45 bits per heavy atom. The van der Waals surface area contributed by atoms with E-state index in [0.717, 1.165) is 4.90 Å². The summed E-state index contributed by atoms with van der Waals surface area (Å²) in [7, 11) is 0. The fourth-order valence-electron chi connectivity index (χ4n) is 1.97. The zero-order valence-corrected chi connectivity index (χ0v) is 11.4. The number of carboxylic acids is 1. The second-order valence-electron chi connectivity index (χ2n) is 4.77. The second kappa shape index (κ2) is 6.14. The minimum Gasteiger partial charge on any atom is -0.480 e. The van der Waals surface area contributed by atoms with Crippen LogP contribution < -0.4 is 4.90 Å². The van der Waals surface area contributed by atoms with Gasteiger partial charge in [0.15, 0.2) is 0 Å². The summed E-state index contributed by atoms with van der Waals surface area (Å²) >= 11 is 0. The first-order valence-corrected chi connectivity index (χ1v) is 6.01. The number of hydrogen-bond donors (Lipinski definition) is 1. The first-order valence-electron chi connectivity index (χ1n) is 6.01. The number of aliphatic carboxylic acids is 1. The number of benzene rings is 1. The van der Waals surface area contributed by atoms with Crippen LogP contribution >= 0.6 is 0 Å². The summed E-state index contributed by atoms with van der Waals surface area (Å²) in [5, 5.41) is 20.1. The number of carboxylic acid groups (broad SMARTS) is 1. The normalized spacial score (nSPS) is 12.0. The Balaban J connectivity index is 3.31. The van der Waals surface area contributed by atoms with Gasteiger partial charge in [0.25, 0.3) is 5.69 Å². The van der Waals surface area contributed by atoms with Gasteiger partial charge in [0, 0.05) is 11.6 Å². The molecule has 0 fully saturated rings. The van der Waals surface area contributed by atoms with Crippen LogP contribution in [0.5, 0.6) is 0 Å².